The van der Waals surface area contributed by atoms with E-state index < -0.39 is 0 Å². The molecule has 0 amide bonds. The van der Waals surface area contributed by atoms with Crippen LogP contribution < -0.4 is 5.32 Å². The first-order valence-electron chi connectivity index (χ1n) is 7.41. The molecule has 1 N–H and O–H groups in total. The van der Waals surface area contributed by atoms with Gasteiger partial charge in [0.25, 0.3) is 0 Å². The molecular formula is C15H31NO. The van der Waals surface area contributed by atoms with E-state index in [9.17, 15) is 0 Å². The minimum Gasteiger partial charge on any atom is -0.377 e. The molecule has 1 atom stereocenters. The van der Waals surface area contributed by atoms with E-state index in [0.717, 1.165) is 5.92 Å². The number of hydrogen-bond donors (Lipinski definition) is 1. The summed E-state index contributed by atoms with van der Waals surface area (Å²) in [5.74, 6) is 0.881. The van der Waals surface area contributed by atoms with Crippen LogP contribution in [0.4, 0.5) is 0 Å². The van der Waals surface area contributed by atoms with Gasteiger partial charge < -0.3 is 10.1 Å². The second kappa shape index (κ2) is 7.38. The molecule has 2 nitrogen and oxygen atoms in total. The summed E-state index contributed by atoms with van der Waals surface area (Å²) in [6.07, 6.45) is 10.3. The first-order chi connectivity index (χ1) is 8.18. The quantitative estimate of drug-likeness (QED) is 0.685. The zero-order valence-corrected chi connectivity index (χ0v) is 12.2. The second-order valence-electron chi connectivity index (χ2n) is 5.79. The van der Waals surface area contributed by atoms with Gasteiger partial charge >= 0.3 is 0 Å². The van der Waals surface area contributed by atoms with Crippen molar-refractivity contribution in [1.29, 1.82) is 0 Å². The van der Waals surface area contributed by atoms with Gasteiger partial charge in [-0.15, -0.1) is 0 Å². The molecular weight excluding hydrogens is 210 g/mol. The lowest BCUT2D eigenvalue weighted by molar-refractivity contribution is -0.0753. The minimum atomic E-state index is 0.106. The van der Waals surface area contributed by atoms with Crippen LogP contribution in [-0.2, 0) is 4.74 Å². The van der Waals surface area contributed by atoms with Gasteiger partial charge in [-0.05, 0) is 45.1 Å². The Morgan fingerprint density at radius 1 is 1.29 bits per heavy atom. The number of ether oxygens (including phenoxy) is 1. The van der Waals surface area contributed by atoms with Crippen LogP contribution in [-0.4, -0.2) is 25.8 Å². The minimum absolute atomic E-state index is 0.106. The van der Waals surface area contributed by atoms with Gasteiger partial charge in [0.05, 0.1) is 5.60 Å². The Labute approximate surface area is 108 Å². The Hall–Kier alpha value is -0.0800. The summed E-state index contributed by atoms with van der Waals surface area (Å²) in [6, 6.07) is 0.534. The molecule has 1 saturated carbocycles. The highest BCUT2D eigenvalue weighted by Crippen LogP contribution is 2.38. The summed E-state index contributed by atoms with van der Waals surface area (Å²) in [7, 11) is 4.00. The molecule has 0 heterocycles. The van der Waals surface area contributed by atoms with Gasteiger partial charge in [-0.1, -0.05) is 33.1 Å². The van der Waals surface area contributed by atoms with Crippen molar-refractivity contribution in [3.05, 3.63) is 0 Å². The van der Waals surface area contributed by atoms with Gasteiger partial charge in [-0.25, -0.2) is 0 Å². The largest absolute Gasteiger partial charge is 0.377 e. The predicted molar refractivity (Wildman–Crippen MR) is 74.4 cm³/mol. The van der Waals surface area contributed by atoms with Crippen LogP contribution in [0, 0.1) is 5.92 Å². The van der Waals surface area contributed by atoms with E-state index in [4.69, 9.17) is 4.74 Å². The maximum Gasteiger partial charge on any atom is 0.0831 e. The molecule has 1 aliphatic carbocycles. The van der Waals surface area contributed by atoms with Crippen LogP contribution in [0.15, 0.2) is 0 Å². The van der Waals surface area contributed by atoms with Crippen LogP contribution in [0.3, 0.4) is 0 Å². The Kier molecular flexibility index (Phi) is 6.50. The molecule has 2 heteroatoms. The highest BCUT2D eigenvalue weighted by Gasteiger charge is 2.40. The van der Waals surface area contributed by atoms with E-state index in [-0.39, 0.29) is 5.60 Å². The molecule has 17 heavy (non-hydrogen) atoms. The lowest BCUT2D eigenvalue weighted by Gasteiger charge is -2.44. The molecule has 1 fully saturated rings. The fraction of sp³-hybridized carbons (Fsp3) is 1.00. The molecule has 0 aromatic rings. The topological polar surface area (TPSA) is 21.3 Å². The number of rotatable bonds is 7. The summed E-state index contributed by atoms with van der Waals surface area (Å²) in [5.41, 5.74) is 0.106. The van der Waals surface area contributed by atoms with Crippen molar-refractivity contribution in [2.75, 3.05) is 14.2 Å². The van der Waals surface area contributed by atoms with Gasteiger partial charge in [0.15, 0.2) is 0 Å². The Bertz CT molecular complexity index is 197. The third kappa shape index (κ3) is 3.96. The van der Waals surface area contributed by atoms with Gasteiger partial charge in [0.2, 0.25) is 0 Å². The number of nitrogens with one attached hydrogen (secondary N) is 1. The van der Waals surface area contributed by atoms with Crippen molar-refractivity contribution >= 4 is 0 Å². The monoisotopic (exact) mass is 241 g/mol. The lowest BCUT2D eigenvalue weighted by Crippen LogP contribution is -2.52. The predicted octanol–water partition coefficient (Wildman–Crippen LogP) is 3.75. The van der Waals surface area contributed by atoms with E-state index in [0.29, 0.717) is 6.04 Å². The fourth-order valence-electron chi connectivity index (χ4n) is 3.21. The SMILES string of the molecule is CCCCCC(NC)C1(OC)CCC(C)CC1. The Balaban J connectivity index is 2.55. The number of unbranched alkanes of at least 4 members (excludes halogenated alkanes) is 2. The van der Waals surface area contributed by atoms with Crippen molar-refractivity contribution in [3.8, 4) is 0 Å². The van der Waals surface area contributed by atoms with E-state index >= 15 is 0 Å². The van der Waals surface area contributed by atoms with Crippen molar-refractivity contribution in [3.63, 3.8) is 0 Å². The van der Waals surface area contributed by atoms with Crippen molar-refractivity contribution in [2.45, 2.75) is 76.9 Å². The van der Waals surface area contributed by atoms with Crippen LogP contribution >= 0.6 is 0 Å². The summed E-state index contributed by atoms with van der Waals surface area (Å²) >= 11 is 0. The first kappa shape index (κ1) is 15.0. The van der Waals surface area contributed by atoms with Crippen LogP contribution in [0.2, 0.25) is 0 Å². The number of methoxy groups -OCH3 is 1. The summed E-state index contributed by atoms with van der Waals surface area (Å²) in [5, 5.41) is 3.51. The van der Waals surface area contributed by atoms with Crippen molar-refractivity contribution in [1.82, 2.24) is 5.32 Å². The summed E-state index contributed by atoms with van der Waals surface area (Å²) < 4.78 is 5.95. The van der Waals surface area contributed by atoms with Crippen LogP contribution in [0.1, 0.15) is 65.2 Å². The van der Waals surface area contributed by atoms with Crippen molar-refractivity contribution < 1.29 is 4.74 Å². The molecule has 0 aliphatic heterocycles. The molecule has 0 bridgehead atoms. The summed E-state index contributed by atoms with van der Waals surface area (Å²) in [6.45, 7) is 4.63. The standard InChI is InChI=1S/C15H31NO/c1-5-6-7-8-14(16-3)15(17-4)11-9-13(2)10-12-15/h13-14,16H,5-12H2,1-4H3. The van der Waals surface area contributed by atoms with Gasteiger partial charge in [-0.2, -0.15) is 0 Å². The van der Waals surface area contributed by atoms with Gasteiger partial charge in [0.1, 0.15) is 0 Å². The smallest absolute Gasteiger partial charge is 0.0831 e. The van der Waals surface area contributed by atoms with Crippen LogP contribution in [0.25, 0.3) is 0 Å². The summed E-state index contributed by atoms with van der Waals surface area (Å²) in [4.78, 5) is 0. The lowest BCUT2D eigenvalue weighted by atomic mass is 9.74. The van der Waals surface area contributed by atoms with Crippen molar-refractivity contribution in [2.24, 2.45) is 5.92 Å². The maximum atomic E-state index is 5.95. The van der Waals surface area contributed by atoms with E-state index in [2.05, 4.69) is 26.2 Å². The van der Waals surface area contributed by atoms with Gasteiger partial charge in [0, 0.05) is 13.2 Å². The Morgan fingerprint density at radius 2 is 1.94 bits per heavy atom. The molecule has 1 unspecified atom stereocenters. The third-order valence-electron chi connectivity index (χ3n) is 4.61. The molecule has 1 aliphatic rings. The average molecular weight is 241 g/mol. The molecule has 102 valence electrons. The fourth-order valence-corrected chi connectivity index (χ4v) is 3.21. The maximum absolute atomic E-state index is 5.95. The molecule has 0 aromatic carbocycles. The normalized spacial score (nSPS) is 31.4. The molecule has 0 saturated heterocycles. The zero-order chi connectivity index (χ0) is 12.7. The number of hydrogen-bond acceptors (Lipinski definition) is 2. The average Bonchev–Trinajstić information content (AvgIpc) is 2.37. The van der Waals surface area contributed by atoms with E-state index in [1.54, 1.807) is 0 Å². The highest BCUT2D eigenvalue weighted by molar-refractivity contribution is 4.95. The molecule has 0 radical (unpaired) electrons. The zero-order valence-electron chi connectivity index (χ0n) is 12.2. The van der Waals surface area contributed by atoms with Gasteiger partial charge in [-0.3, -0.25) is 0 Å². The molecule has 1 rings (SSSR count). The Morgan fingerprint density at radius 3 is 2.41 bits per heavy atom. The molecule has 0 aromatic heterocycles. The third-order valence-corrected chi connectivity index (χ3v) is 4.61. The van der Waals surface area contributed by atoms with Crippen LogP contribution in [0.5, 0.6) is 0 Å². The molecule has 0 spiro atoms. The number of likely N-dealkylation sites (N-methyl/N-ethyl adjacent to an activating group) is 1. The van der Waals surface area contributed by atoms with E-state index in [1.807, 2.05) is 7.11 Å². The second-order valence-corrected chi connectivity index (χ2v) is 5.79. The first-order valence-corrected chi connectivity index (χ1v) is 7.41. The van der Waals surface area contributed by atoms with E-state index in [1.165, 1.54) is 51.4 Å². The highest BCUT2D eigenvalue weighted by atomic mass is 16.5.